The molecule has 1 aromatic rings. The van der Waals surface area contributed by atoms with Crippen molar-refractivity contribution in [1.82, 2.24) is 0 Å². The van der Waals surface area contributed by atoms with Gasteiger partial charge in [0.15, 0.2) is 0 Å². The highest BCUT2D eigenvalue weighted by atomic mass is 19.1. The topological polar surface area (TPSA) is 26.0 Å². The number of hydrogen-bond acceptors (Lipinski definition) is 1. The van der Waals surface area contributed by atoms with Gasteiger partial charge >= 0.3 is 0 Å². The van der Waals surface area contributed by atoms with Crippen LogP contribution in [-0.2, 0) is 0 Å². The maximum atomic E-state index is 14.3. The smallest absolute Gasteiger partial charge is 0.128 e. The summed E-state index contributed by atoms with van der Waals surface area (Å²) in [4.78, 5) is 0. The highest BCUT2D eigenvalue weighted by Crippen LogP contribution is 2.71. The van der Waals surface area contributed by atoms with Crippen LogP contribution in [0.25, 0.3) is 0 Å². The van der Waals surface area contributed by atoms with Crippen LogP contribution in [0.15, 0.2) is 12.1 Å². The fourth-order valence-corrected chi connectivity index (χ4v) is 5.41. The summed E-state index contributed by atoms with van der Waals surface area (Å²) in [5.41, 5.74) is 9.25. The first-order chi connectivity index (χ1) is 9.08. The summed E-state index contributed by atoms with van der Waals surface area (Å²) in [6, 6.07) is 3.61. The minimum absolute atomic E-state index is 0.0843. The van der Waals surface area contributed by atoms with Gasteiger partial charge in [-0.2, -0.15) is 0 Å². The molecule has 0 radical (unpaired) electrons. The van der Waals surface area contributed by atoms with E-state index in [1.807, 2.05) is 13.8 Å². The van der Waals surface area contributed by atoms with Crippen LogP contribution < -0.4 is 5.73 Å². The van der Waals surface area contributed by atoms with Crippen molar-refractivity contribution in [3.63, 3.8) is 0 Å². The van der Waals surface area contributed by atoms with E-state index in [-0.39, 0.29) is 11.9 Å². The Labute approximate surface area is 114 Å². The molecule has 0 aromatic heterocycles. The Kier molecular flexibility index (Phi) is 2.39. The quantitative estimate of drug-likeness (QED) is 0.860. The van der Waals surface area contributed by atoms with E-state index >= 15 is 0 Å². The van der Waals surface area contributed by atoms with Crippen molar-refractivity contribution in [3.05, 3.63) is 34.6 Å². The van der Waals surface area contributed by atoms with Gasteiger partial charge in [0.25, 0.3) is 0 Å². The molecule has 3 aliphatic carbocycles. The van der Waals surface area contributed by atoms with E-state index in [0.29, 0.717) is 5.92 Å². The Bertz CT molecular complexity index is 499. The van der Waals surface area contributed by atoms with Crippen molar-refractivity contribution in [2.24, 2.45) is 35.3 Å². The molecule has 0 saturated heterocycles. The maximum Gasteiger partial charge on any atom is 0.128 e. The van der Waals surface area contributed by atoms with Crippen molar-refractivity contribution in [2.75, 3.05) is 0 Å². The lowest BCUT2D eigenvalue weighted by Gasteiger charge is -2.19. The second kappa shape index (κ2) is 3.82. The number of benzene rings is 1. The maximum absolute atomic E-state index is 14.3. The van der Waals surface area contributed by atoms with Gasteiger partial charge in [-0.25, -0.2) is 4.39 Å². The van der Waals surface area contributed by atoms with Crippen molar-refractivity contribution in [2.45, 2.75) is 39.2 Å². The summed E-state index contributed by atoms with van der Waals surface area (Å²) in [5, 5.41) is 0. The predicted molar refractivity (Wildman–Crippen MR) is 74.1 cm³/mol. The molecule has 3 aliphatic rings. The highest BCUT2D eigenvalue weighted by molar-refractivity contribution is 5.36. The first-order valence-electron chi connectivity index (χ1n) is 7.60. The summed E-state index contributed by atoms with van der Waals surface area (Å²) in [7, 11) is 0. The molecular weight excluding hydrogens is 237 g/mol. The molecule has 0 aliphatic heterocycles. The van der Waals surface area contributed by atoms with Crippen LogP contribution in [0, 0.1) is 49.3 Å². The first-order valence-corrected chi connectivity index (χ1v) is 7.60. The van der Waals surface area contributed by atoms with Gasteiger partial charge in [0.05, 0.1) is 0 Å². The Morgan fingerprint density at radius 2 is 1.79 bits per heavy atom. The van der Waals surface area contributed by atoms with Crippen LogP contribution in [0.1, 0.15) is 42.0 Å². The molecule has 102 valence electrons. The van der Waals surface area contributed by atoms with Crippen molar-refractivity contribution >= 4 is 0 Å². The van der Waals surface area contributed by atoms with Gasteiger partial charge in [0.2, 0.25) is 0 Å². The molecule has 3 fully saturated rings. The van der Waals surface area contributed by atoms with Crippen LogP contribution in [0.4, 0.5) is 4.39 Å². The lowest BCUT2D eigenvalue weighted by Crippen LogP contribution is -2.20. The van der Waals surface area contributed by atoms with Gasteiger partial charge < -0.3 is 5.73 Å². The first kappa shape index (κ1) is 11.9. The summed E-state index contributed by atoms with van der Waals surface area (Å²) in [6.45, 7) is 3.94. The highest BCUT2D eigenvalue weighted by Gasteiger charge is 2.66. The van der Waals surface area contributed by atoms with E-state index in [1.54, 1.807) is 6.07 Å². The third-order valence-electron chi connectivity index (χ3n) is 6.02. The van der Waals surface area contributed by atoms with Gasteiger partial charge in [-0.3, -0.25) is 0 Å². The van der Waals surface area contributed by atoms with Gasteiger partial charge in [0, 0.05) is 11.6 Å². The number of fused-ring (bicyclic) bond motifs is 5. The number of halogens is 1. The number of hydrogen-bond donors (Lipinski definition) is 1. The summed E-state index contributed by atoms with van der Waals surface area (Å²) in [6.07, 6.45) is 4.21. The van der Waals surface area contributed by atoms with Crippen LogP contribution in [0.2, 0.25) is 0 Å². The summed E-state index contributed by atoms with van der Waals surface area (Å²) < 4.78 is 14.3. The second-order valence-corrected chi connectivity index (χ2v) is 7.07. The minimum atomic E-state index is -0.0951. The van der Waals surface area contributed by atoms with Crippen LogP contribution in [-0.4, -0.2) is 0 Å². The lowest BCUT2D eigenvalue weighted by atomic mass is 9.90. The molecule has 4 rings (SSSR count). The molecule has 2 bridgehead atoms. The van der Waals surface area contributed by atoms with Gasteiger partial charge in [0.1, 0.15) is 5.82 Å². The molecule has 3 saturated carbocycles. The molecule has 5 atom stereocenters. The average Bonchev–Trinajstić information content (AvgIpc) is 2.77. The molecule has 0 heterocycles. The molecule has 5 unspecified atom stereocenters. The average molecular weight is 259 g/mol. The van der Waals surface area contributed by atoms with Gasteiger partial charge in [-0.1, -0.05) is 6.07 Å². The molecule has 0 spiro atoms. The normalized spacial score (nSPS) is 40.3. The van der Waals surface area contributed by atoms with Crippen molar-refractivity contribution < 1.29 is 4.39 Å². The summed E-state index contributed by atoms with van der Waals surface area (Å²) in [5.74, 6) is 3.90. The van der Waals surface area contributed by atoms with E-state index in [9.17, 15) is 4.39 Å². The van der Waals surface area contributed by atoms with Crippen LogP contribution in [0.5, 0.6) is 0 Å². The zero-order valence-corrected chi connectivity index (χ0v) is 11.7. The monoisotopic (exact) mass is 259 g/mol. The van der Waals surface area contributed by atoms with E-state index in [2.05, 4.69) is 6.07 Å². The largest absolute Gasteiger partial charge is 0.324 e. The Hall–Kier alpha value is -0.890. The van der Waals surface area contributed by atoms with Crippen LogP contribution >= 0.6 is 0 Å². The van der Waals surface area contributed by atoms with Crippen molar-refractivity contribution in [3.8, 4) is 0 Å². The predicted octanol–water partition coefficient (Wildman–Crippen LogP) is 3.73. The SMILES string of the molecule is Cc1cc(C)c(C(N)C2C3C4CCC(C4)C32)c(F)c1. The van der Waals surface area contributed by atoms with Gasteiger partial charge in [-0.15, -0.1) is 0 Å². The van der Waals surface area contributed by atoms with E-state index in [4.69, 9.17) is 5.73 Å². The fraction of sp³-hybridized carbons (Fsp3) is 0.647. The molecular formula is C17H22FN. The Balaban J connectivity index is 1.64. The second-order valence-electron chi connectivity index (χ2n) is 7.07. The molecule has 1 nitrogen and oxygen atoms in total. The third-order valence-corrected chi connectivity index (χ3v) is 6.02. The number of rotatable bonds is 2. The molecule has 2 N–H and O–H groups in total. The third kappa shape index (κ3) is 1.56. The van der Waals surface area contributed by atoms with Gasteiger partial charge in [-0.05, 0) is 79.9 Å². The lowest BCUT2D eigenvalue weighted by molar-refractivity contribution is 0.409. The van der Waals surface area contributed by atoms with Crippen molar-refractivity contribution in [1.29, 1.82) is 0 Å². The van der Waals surface area contributed by atoms with E-state index in [1.165, 1.54) is 19.3 Å². The number of nitrogens with two attached hydrogens (primary N) is 1. The van der Waals surface area contributed by atoms with E-state index in [0.717, 1.165) is 40.4 Å². The molecule has 19 heavy (non-hydrogen) atoms. The zero-order valence-electron chi connectivity index (χ0n) is 11.7. The summed E-state index contributed by atoms with van der Waals surface area (Å²) >= 11 is 0. The number of aryl methyl sites for hydroxylation is 2. The minimum Gasteiger partial charge on any atom is -0.324 e. The fourth-order valence-electron chi connectivity index (χ4n) is 5.41. The molecule has 1 aromatic carbocycles. The zero-order chi connectivity index (χ0) is 13.3. The molecule has 2 heteroatoms. The Morgan fingerprint density at radius 3 is 2.37 bits per heavy atom. The molecule has 0 amide bonds. The standard InChI is InChI=1S/C17H22FN/c1-8-5-9(2)13(12(18)6-8)17(19)16-14-10-3-4-11(7-10)15(14)16/h5-6,10-11,14-17H,3-4,7,19H2,1-2H3. The van der Waals surface area contributed by atoms with E-state index < -0.39 is 0 Å². The van der Waals surface area contributed by atoms with Crippen LogP contribution in [0.3, 0.4) is 0 Å². The Morgan fingerprint density at radius 1 is 1.16 bits per heavy atom.